The van der Waals surface area contributed by atoms with Gasteiger partial charge in [-0.05, 0) is 34.6 Å². The number of aromatic carboxylic acids is 1. The van der Waals surface area contributed by atoms with E-state index in [-0.39, 0.29) is 40.9 Å². The van der Waals surface area contributed by atoms with Gasteiger partial charge in [-0.2, -0.15) is 0 Å². The van der Waals surface area contributed by atoms with Crippen LogP contribution in [0.2, 0.25) is 0 Å². The molecule has 0 aliphatic carbocycles. The van der Waals surface area contributed by atoms with E-state index >= 15 is 0 Å². The summed E-state index contributed by atoms with van der Waals surface area (Å²) in [5, 5.41) is 16.2. The second-order valence-corrected chi connectivity index (χ2v) is 5.06. The highest BCUT2D eigenvalue weighted by Crippen LogP contribution is 2.23. The zero-order valence-corrected chi connectivity index (χ0v) is 12.3. The average Bonchev–Trinajstić information content (AvgIpc) is 2.83. The fourth-order valence-corrected chi connectivity index (χ4v) is 2.25. The zero-order chi connectivity index (χ0) is 15.6. The molecular weight excluding hydrogens is 350 g/mol. The van der Waals surface area contributed by atoms with E-state index in [4.69, 9.17) is 10.8 Å². The first-order chi connectivity index (χ1) is 9.95. The molecule has 0 atom stereocenters. The van der Waals surface area contributed by atoms with Crippen LogP contribution in [0, 0.1) is 11.6 Å². The number of nitrogens with two attached hydrogens (primary N) is 1. The van der Waals surface area contributed by atoms with Gasteiger partial charge in [-0.25, -0.2) is 18.3 Å². The summed E-state index contributed by atoms with van der Waals surface area (Å²) in [5.74, 6) is -2.78. The highest BCUT2D eigenvalue weighted by atomic mass is 79.9. The SMILES string of the molecule is NCCc1c(C(=O)O)nnn1Cc1c(F)ccc(Br)c1F. The van der Waals surface area contributed by atoms with Gasteiger partial charge in [-0.1, -0.05) is 5.21 Å². The summed E-state index contributed by atoms with van der Waals surface area (Å²) >= 11 is 2.97. The van der Waals surface area contributed by atoms with E-state index in [1.165, 1.54) is 6.07 Å². The molecule has 2 aromatic rings. The van der Waals surface area contributed by atoms with E-state index in [1.807, 2.05) is 0 Å². The summed E-state index contributed by atoms with van der Waals surface area (Å²) in [5.41, 5.74) is 5.14. The molecule has 6 nitrogen and oxygen atoms in total. The minimum absolute atomic E-state index is 0.109. The normalized spacial score (nSPS) is 10.9. The Hall–Kier alpha value is -1.87. The number of carboxylic acids is 1. The molecule has 0 bridgehead atoms. The van der Waals surface area contributed by atoms with Gasteiger partial charge in [-0.15, -0.1) is 5.10 Å². The first kappa shape index (κ1) is 15.5. The van der Waals surface area contributed by atoms with E-state index in [9.17, 15) is 13.6 Å². The number of carboxylic acid groups (broad SMARTS) is 1. The van der Waals surface area contributed by atoms with Gasteiger partial charge in [0, 0.05) is 12.0 Å². The maximum atomic E-state index is 13.9. The highest BCUT2D eigenvalue weighted by molar-refractivity contribution is 9.10. The molecule has 21 heavy (non-hydrogen) atoms. The lowest BCUT2D eigenvalue weighted by molar-refractivity contribution is 0.0689. The number of halogens is 3. The van der Waals surface area contributed by atoms with Gasteiger partial charge in [0.25, 0.3) is 0 Å². The number of aromatic nitrogens is 3. The van der Waals surface area contributed by atoms with E-state index in [1.54, 1.807) is 0 Å². The number of benzene rings is 1. The van der Waals surface area contributed by atoms with Crippen LogP contribution in [0.25, 0.3) is 0 Å². The van der Waals surface area contributed by atoms with Crippen molar-refractivity contribution in [2.24, 2.45) is 5.73 Å². The first-order valence-corrected chi connectivity index (χ1v) is 6.73. The zero-order valence-electron chi connectivity index (χ0n) is 10.7. The summed E-state index contributed by atoms with van der Waals surface area (Å²) in [7, 11) is 0. The Balaban J connectivity index is 2.45. The monoisotopic (exact) mass is 360 g/mol. The lowest BCUT2D eigenvalue weighted by Crippen LogP contribution is -2.15. The van der Waals surface area contributed by atoms with Crippen molar-refractivity contribution in [2.45, 2.75) is 13.0 Å². The number of hydrogen-bond acceptors (Lipinski definition) is 4. The van der Waals surface area contributed by atoms with Crippen molar-refractivity contribution in [3.8, 4) is 0 Å². The maximum Gasteiger partial charge on any atom is 0.358 e. The van der Waals surface area contributed by atoms with Crippen molar-refractivity contribution in [2.75, 3.05) is 6.54 Å². The van der Waals surface area contributed by atoms with Crippen LogP contribution in [0.3, 0.4) is 0 Å². The molecule has 1 heterocycles. The Morgan fingerprint density at radius 3 is 2.76 bits per heavy atom. The van der Waals surface area contributed by atoms with Crippen molar-refractivity contribution in [3.63, 3.8) is 0 Å². The second-order valence-electron chi connectivity index (χ2n) is 4.21. The Kier molecular flexibility index (Phi) is 4.63. The molecule has 0 saturated heterocycles. The van der Waals surface area contributed by atoms with Gasteiger partial charge < -0.3 is 10.8 Å². The molecule has 112 valence electrons. The molecule has 0 amide bonds. The molecule has 0 unspecified atom stereocenters. The van der Waals surface area contributed by atoms with Crippen LogP contribution < -0.4 is 5.73 Å². The van der Waals surface area contributed by atoms with Crippen molar-refractivity contribution in [1.82, 2.24) is 15.0 Å². The largest absolute Gasteiger partial charge is 0.476 e. The van der Waals surface area contributed by atoms with E-state index < -0.39 is 17.6 Å². The number of rotatable bonds is 5. The van der Waals surface area contributed by atoms with Crippen molar-refractivity contribution in [1.29, 1.82) is 0 Å². The predicted molar refractivity (Wildman–Crippen MR) is 72.9 cm³/mol. The van der Waals surface area contributed by atoms with Crippen LogP contribution in [0.4, 0.5) is 8.78 Å². The second kappa shape index (κ2) is 6.27. The molecule has 0 radical (unpaired) electrons. The molecule has 0 saturated carbocycles. The summed E-state index contributed by atoms with van der Waals surface area (Å²) in [6.07, 6.45) is 0.186. The third kappa shape index (κ3) is 3.08. The first-order valence-electron chi connectivity index (χ1n) is 5.93. The fourth-order valence-electron chi connectivity index (χ4n) is 1.87. The van der Waals surface area contributed by atoms with Crippen LogP contribution in [0.1, 0.15) is 21.7 Å². The van der Waals surface area contributed by atoms with Crippen LogP contribution in [0.5, 0.6) is 0 Å². The van der Waals surface area contributed by atoms with Crippen LogP contribution in [-0.2, 0) is 13.0 Å². The maximum absolute atomic E-state index is 13.9. The Labute approximate surface area is 126 Å². The van der Waals surface area contributed by atoms with Crippen LogP contribution >= 0.6 is 15.9 Å². The lowest BCUT2D eigenvalue weighted by Gasteiger charge is -2.09. The van der Waals surface area contributed by atoms with Crippen molar-refractivity contribution >= 4 is 21.9 Å². The summed E-state index contributed by atoms with van der Waals surface area (Å²) < 4.78 is 28.9. The van der Waals surface area contributed by atoms with Gasteiger partial charge in [0.1, 0.15) is 11.6 Å². The van der Waals surface area contributed by atoms with Crippen LogP contribution in [-0.4, -0.2) is 32.6 Å². The summed E-state index contributed by atoms with van der Waals surface area (Å²) in [6, 6.07) is 2.36. The van der Waals surface area contributed by atoms with E-state index in [0.29, 0.717) is 0 Å². The summed E-state index contributed by atoms with van der Waals surface area (Å²) in [4.78, 5) is 11.0. The number of nitrogens with zero attached hydrogens (tertiary/aromatic N) is 3. The molecule has 0 aliphatic heterocycles. The molecule has 0 fully saturated rings. The fraction of sp³-hybridized carbons (Fsp3) is 0.250. The average molecular weight is 361 g/mol. The van der Waals surface area contributed by atoms with Gasteiger partial charge in [-0.3, -0.25) is 0 Å². The number of carbonyl (C=O) groups is 1. The Morgan fingerprint density at radius 1 is 1.43 bits per heavy atom. The van der Waals surface area contributed by atoms with Crippen LogP contribution in [0.15, 0.2) is 16.6 Å². The quantitative estimate of drug-likeness (QED) is 0.789. The molecule has 0 spiro atoms. The third-order valence-electron chi connectivity index (χ3n) is 2.87. The van der Waals surface area contributed by atoms with E-state index in [2.05, 4.69) is 26.2 Å². The third-order valence-corrected chi connectivity index (χ3v) is 3.48. The van der Waals surface area contributed by atoms with Gasteiger partial charge in [0.15, 0.2) is 5.69 Å². The van der Waals surface area contributed by atoms with Crippen molar-refractivity contribution < 1.29 is 18.7 Å². The molecule has 1 aromatic heterocycles. The number of hydrogen-bond donors (Lipinski definition) is 2. The van der Waals surface area contributed by atoms with E-state index in [0.717, 1.165) is 10.7 Å². The highest BCUT2D eigenvalue weighted by Gasteiger charge is 2.21. The smallest absolute Gasteiger partial charge is 0.358 e. The van der Waals surface area contributed by atoms with Crippen molar-refractivity contribution in [3.05, 3.63) is 45.2 Å². The minimum Gasteiger partial charge on any atom is -0.476 e. The summed E-state index contributed by atoms with van der Waals surface area (Å²) in [6.45, 7) is -0.107. The predicted octanol–water partition coefficient (Wildman–Crippen LogP) is 1.57. The molecule has 1 aromatic carbocycles. The van der Waals surface area contributed by atoms with Gasteiger partial charge >= 0.3 is 5.97 Å². The lowest BCUT2D eigenvalue weighted by atomic mass is 10.2. The minimum atomic E-state index is -1.26. The van der Waals surface area contributed by atoms with Gasteiger partial charge in [0.2, 0.25) is 0 Å². The molecule has 0 aliphatic rings. The Morgan fingerprint density at radius 2 is 2.14 bits per heavy atom. The molecule has 3 N–H and O–H groups in total. The molecule has 9 heteroatoms. The standard InChI is InChI=1S/C12H11BrF2N4O2/c13-7-1-2-8(14)6(10(7)15)5-19-9(3-4-16)11(12(20)21)17-18-19/h1-2H,3-5,16H2,(H,20,21). The topological polar surface area (TPSA) is 94.0 Å². The molecular formula is C12H11BrF2N4O2. The van der Waals surface area contributed by atoms with Gasteiger partial charge in [0.05, 0.1) is 16.7 Å². The Bertz CT molecular complexity index is 690. The molecule has 2 rings (SSSR count).